The molecule has 0 aliphatic heterocycles. The zero-order chi connectivity index (χ0) is 19.4. The third kappa shape index (κ3) is 5.50. The minimum atomic E-state index is -0.162. The van der Waals surface area contributed by atoms with E-state index < -0.39 is 0 Å². The number of nitrogens with one attached hydrogen (secondary N) is 2. The molecule has 1 atom stereocenters. The molecule has 142 valence electrons. The molecule has 3 rings (SSSR count). The zero-order valence-corrected chi connectivity index (χ0v) is 16.4. The van der Waals surface area contributed by atoms with Crippen molar-refractivity contribution in [3.05, 3.63) is 51.7 Å². The quantitative estimate of drug-likeness (QED) is 0.668. The van der Waals surface area contributed by atoms with Gasteiger partial charge in [-0.05, 0) is 56.5 Å². The number of benzene rings is 1. The highest BCUT2D eigenvalue weighted by Crippen LogP contribution is 2.30. The van der Waals surface area contributed by atoms with Crippen LogP contribution in [0.5, 0.6) is 0 Å². The molecule has 2 N–H and O–H groups in total. The topological polar surface area (TPSA) is 75.3 Å². The largest absolute Gasteiger partial charge is 0.350 e. The molecule has 5 nitrogen and oxygen atoms in total. The number of anilines is 1. The first-order valence-corrected chi connectivity index (χ1v) is 10.0. The van der Waals surface area contributed by atoms with Crippen molar-refractivity contribution in [2.24, 2.45) is 5.92 Å². The van der Waals surface area contributed by atoms with Gasteiger partial charge < -0.3 is 10.6 Å². The monoisotopic (exact) mass is 384 g/mol. The van der Waals surface area contributed by atoms with E-state index in [4.69, 9.17) is 0 Å². The van der Waals surface area contributed by atoms with E-state index in [9.17, 15) is 14.4 Å². The van der Waals surface area contributed by atoms with Gasteiger partial charge in [0.25, 0.3) is 0 Å². The lowest BCUT2D eigenvalue weighted by Gasteiger charge is -2.15. The maximum Gasteiger partial charge on any atom is 0.227 e. The molecule has 0 saturated heterocycles. The molecule has 1 saturated carbocycles. The third-order valence-electron chi connectivity index (χ3n) is 4.60. The molecule has 0 radical (unpaired) electrons. The molecule has 27 heavy (non-hydrogen) atoms. The maximum absolute atomic E-state index is 12.1. The van der Waals surface area contributed by atoms with Crippen LogP contribution in [-0.2, 0) is 9.59 Å². The number of hydrogen-bond donors (Lipinski definition) is 2. The number of aryl methyl sites for hydroxylation is 1. The van der Waals surface area contributed by atoms with E-state index in [-0.39, 0.29) is 42.4 Å². The summed E-state index contributed by atoms with van der Waals surface area (Å²) in [6.07, 6.45) is 2.34. The molecule has 2 aromatic rings. The van der Waals surface area contributed by atoms with E-state index in [0.29, 0.717) is 4.88 Å². The Labute approximate surface area is 163 Å². The molecule has 1 aliphatic carbocycles. The van der Waals surface area contributed by atoms with Crippen molar-refractivity contribution in [2.75, 3.05) is 5.32 Å². The summed E-state index contributed by atoms with van der Waals surface area (Å²) in [5.41, 5.74) is 1.72. The van der Waals surface area contributed by atoms with Crippen LogP contribution < -0.4 is 10.6 Å². The molecule has 1 aromatic heterocycles. The number of carbonyl (C=O) groups excluding carboxylic acids is 3. The van der Waals surface area contributed by atoms with Gasteiger partial charge in [-0.2, -0.15) is 0 Å². The summed E-state index contributed by atoms with van der Waals surface area (Å²) in [7, 11) is 0. The summed E-state index contributed by atoms with van der Waals surface area (Å²) in [5.74, 6) is 0.111. The average Bonchev–Trinajstić information content (AvgIpc) is 3.41. The second-order valence-corrected chi connectivity index (χ2v) is 8.30. The molecule has 1 unspecified atom stereocenters. The first kappa shape index (κ1) is 19.3. The van der Waals surface area contributed by atoms with E-state index in [2.05, 4.69) is 10.6 Å². The van der Waals surface area contributed by atoms with Crippen LogP contribution in [0.4, 0.5) is 5.69 Å². The van der Waals surface area contributed by atoms with Crippen molar-refractivity contribution < 1.29 is 14.4 Å². The van der Waals surface area contributed by atoms with E-state index in [0.717, 1.165) is 29.0 Å². The smallest absolute Gasteiger partial charge is 0.227 e. The first-order valence-electron chi connectivity index (χ1n) is 9.22. The fourth-order valence-electron chi connectivity index (χ4n) is 2.78. The highest BCUT2D eigenvalue weighted by molar-refractivity contribution is 7.14. The molecular formula is C21H24N2O3S. The van der Waals surface area contributed by atoms with Gasteiger partial charge in [0, 0.05) is 29.3 Å². The van der Waals surface area contributed by atoms with Crippen molar-refractivity contribution >= 4 is 34.6 Å². The first-order chi connectivity index (χ1) is 12.9. The van der Waals surface area contributed by atoms with Crippen LogP contribution in [0, 0.1) is 12.8 Å². The zero-order valence-electron chi connectivity index (χ0n) is 15.6. The molecule has 0 spiro atoms. The Hall–Kier alpha value is -2.47. The summed E-state index contributed by atoms with van der Waals surface area (Å²) < 4.78 is 0. The van der Waals surface area contributed by atoms with Crippen LogP contribution >= 0.6 is 11.3 Å². The Bertz CT molecular complexity index is 837. The van der Waals surface area contributed by atoms with Gasteiger partial charge in [-0.15, -0.1) is 11.3 Å². The SMILES string of the molecule is Cc1ccc(C(=O)CCC(=O)NC(C)c2ccc(NC(=O)C3CC3)cc2)s1. The maximum atomic E-state index is 12.1. The summed E-state index contributed by atoms with van der Waals surface area (Å²) in [4.78, 5) is 37.8. The van der Waals surface area contributed by atoms with Crippen LogP contribution in [0.2, 0.25) is 0 Å². The Morgan fingerprint density at radius 2 is 1.78 bits per heavy atom. The van der Waals surface area contributed by atoms with E-state index in [1.165, 1.54) is 11.3 Å². The summed E-state index contributed by atoms with van der Waals surface area (Å²) in [6.45, 7) is 3.86. The lowest BCUT2D eigenvalue weighted by molar-refractivity contribution is -0.121. The molecule has 0 bridgehead atoms. The van der Waals surface area contributed by atoms with Crippen LogP contribution in [0.1, 0.15) is 58.8 Å². The van der Waals surface area contributed by atoms with Gasteiger partial charge in [-0.3, -0.25) is 14.4 Å². The molecule has 2 amide bonds. The highest BCUT2D eigenvalue weighted by atomic mass is 32.1. The Morgan fingerprint density at radius 1 is 1.07 bits per heavy atom. The van der Waals surface area contributed by atoms with Gasteiger partial charge in [-0.25, -0.2) is 0 Å². The van der Waals surface area contributed by atoms with Gasteiger partial charge >= 0.3 is 0 Å². The number of amides is 2. The average molecular weight is 385 g/mol. The van der Waals surface area contributed by atoms with Gasteiger partial charge in [0.1, 0.15) is 0 Å². The van der Waals surface area contributed by atoms with E-state index >= 15 is 0 Å². The van der Waals surface area contributed by atoms with Crippen LogP contribution in [0.15, 0.2) is 36.4 Å². The molecular weight excluding hydrogens is 360 g/mol. The van der Waals surface area contributed by atoms with E-state index in [1.807, 2.05) is 50.2 Å². The summed E-state index contributed by atoms with van der Waals surface area (Å²) >= 11 is 1.46. The standard InChI is InChI=1S/C21H24N2O3S/c1-13-3-11-19(27-13)18(24)10-12-20(25)22-14(2)15-6-8-17(9-7-15)23-21(26)16-4-5-16/h3,6-9,11,14,16H,4-5,10,12H2,1-2H3,(H,22,25)(H,23,26). The number of Topliss-reactive ketones (excluding diaryl/α,β-unsaturated/α-hetero) is 1. The van der Waals surface area contributed by atoms with Gasteiger partial charge in [0.05, 0.1) is 10.9 Å². The number of hydrogen-bond acceptors (Lipinski definition) is 4. The molecule has 1 heterocycles. The normalized spacial score (nSPS) is 14.4. The van der Waals surface area contributed by atoms with Gasteiger partial charge in [-0.1, -0.05) is 12.1 Å². The van der Waals surface area contributed by atoms with Crippen LogP contribution in [-0.4, -0.2) is 17.6 Å². The second kappa shape index (κ2) is 8.48. The van der Waals surface area contributed by atoms with Crippen molar-refractivity contribution in [1.82, 2.24) is 5.32 Å². The lowest BCUT2D eigenvalue weighted by Crippen LogP contribution is -2.26. The number of carbonyl (C=O) groups is 3. The van der Waals surface area contributed by atoms with Crippen molar-refractivity contribution in [3.8, 4) is 0 Å². The van der Waals surface area contributed by atoms with Crippen LogP contribution in [0.25, 0.3) is 0 Å². The second-order valence-electron chi connectivity index (χ2n) is 7.01. The fraction of sp³-hybridized carbons (Fsp3) is 0.381. The molecule has 6 heteroatoms. The minimum absolute atomic E-state index is 0.00617. The van der Waals surface area contributed by atoms with E-state index in [1.54, 1.807) is 0 Å². The number of thiophene rings is 1. The van der Waals surface area contributed by atoms with Gasteiger partial charge in [0.2, 0.25) is 11.8 Å². The molecule has 1 aliphatic rings. The Morgan fingerprint density at radius 3 is 2.37 bits per heavy atom. The minimum Gasteiger partial charge on any atom is -0.350 e. The van der Waals surface area contributed by atoms with Crippen molar-refractivity contribution in [3.63, 3.8) is 0 Å². The third-order valence-corrected chi connectivity index (χ3v) is 5.64. The van der Waals surface area contributed by atoms with Crippen molar-refractivity contribution in [2.45, 2.75) is 45.6 Å². The predicted octanol–water partition coefficient (Wildman–Crippen LogP) is 4.25. The number of rotatable bonds is 8. The fourth-order valence-corrected chi connectivity index (χ4v) is 3.61. The lowest BCUT2D eigenvalue weighted by atomic mass is 10.1. The number of ketones is 1. The highest BCUT2D eigenvalue weighted by Gasteiger charge is 2.29. The Balaban J connectivity index is 1.45. The predicted molar refractivity (Wildman–Crippen MR) is 107 cm³/mol. The van der Waals surface area contributed by atoms with Crippen molar-refractivity contribution in [1.29, 1.82) is 0 Å². The summed E-state index contributed by atoms with van der Waals surface area (Å²) in [5, 5.41) is 5.82. The molecule has 1 fully saturated rings. The van der Waals surface area contributed by atoms with Crippen LogP contribution in [0.3, 0.4) is 0 Å². The Kier molecular flexibility index (Phi) is 6.06. The molecule has 1 aromatic carbocycles. The van der Waals surface area contributed by atoms with Gasteiger partial charge in [0.15, 0.2) is 5.78 Å². The summed E-state index contributed by atoms with van der Waals surface area (Å²) in [6, 6.07) is 11.1.